The second-order valence-corrected chi connectivity index (χ2v) is 3.68. The molecule has 0 aliphatic heterocycles. The van der Waals surface area contributed by atoms with Crippen LogP contribution >= 0.6 is 0 Å². The number of aryl methyl sites for hydroxylation is 1. The fraction of sp³-hybridized carbons (Fsp3) is 0.250. The summed E-state index contributed by atoms with van der Waals surface area (Å²) in [5.41, 5.74) is 2.33. The smallest absolute Gasteiger partial charge is 0.0542 e. The van der Waals surface area contributed by atoms with Crippen molar-refractivity contribution in [1.29, 1.82) is 0 Å². The lowest BCUT2D eigenvalue weighted by atomic mass is 10.2. The minimum absolute atomic E-state index is 0.279. The van der Waals surface area contributed by atoms with Gasteiger partial charge in [0.15, 0.2) is 0 Å². The van der Waals surface area contributed by atoms with E-state index in [-0.39, 0.29) is 6.04 Å². The van der Waals surface area contributed by atoms with Crippen molar-refractivity contribution >= 4 is 5.69 Å². The second kappa shape index (κ2) is 4.17. The molecule has 2 rings (SSSR count). The molecule has 15 heavy (non-hydrogen) atoms. The first-order valence-corrected chi connectivity index (χ1v) is 5.06. The van der Waals surface area contributed by atoms with Gasteiger partial charge in [-0.25, -0.2) is 0 Å². The zero-order valence-electron chi connectivity index (χ0n) is 9.01. The Balaban J connectivity index is 2.07. The first-order valence-electron chi connectivity index (χ1n) is 5.06. The third-order valence-corrected chi connectivity index (χ3v) is 2.38. The zero-order chi connectivity index (χ0) is 10.7. The summed E-state index contributed by atoms with van der Waals surface area (Å²) in [4.78, 5) is 0. The van der Waals surface area contributed by atoms with Crippen LogP contribution in [0, 0.1) is 0 Å². The van der Waals surface area contributed by atoms with Crippen LogP contribution in [0.15, 0.2) is 42.7 Å². The van der Waals surface area contributed by atoms with E-state index in [4.69, 9.17) is 0 Å². The molecule has 0 saturated heterocycles. The molecule has 2 aromatic rings. The van der Waals surface area contributed by atoms with Gasteiger partial charge in [-0.05, 0) is 19.1 Å². The van der Waals surface area contributed by atoms with Crippen molar-refractivity contribution in [3.8, 4) is 0 Å². The molecule has 0 saturated carbocycles. The SMILES string of the molecule is C[C@H](Nc1ccccc1)c1cnn(C)c1. The van der Waals surface area contributed by atoms with Crippen LogP contribution in [0.4, 0.5) is 5.69 Å². The molecule has 1 aromatic carbocycles. The monoisotopic (exact) mass is 201 g/mol. The van der Waals surface area contributed by atoms with Crippen LogP contribution in [0.25, 0.3) is 0 Å². The highest BCUT2D eigenvalue weighted by Gasteiger charge is 2.06. The largest absolute Gasteiger partial charge is 0.378 e. The average molecular weight is 201 g/mol. The minimum Gasteiger partial charge on any atom is -0.378 e. The maximum Gasteiger partial charge on any atom is 0.0542 e. The van der Waals surface area contributed by atoms with Gasteiger partial charge in [0.25, 0.3) is 0 Å². The van der Waals surface area contributed by atoms with Crippen molar-refractivity contribution < 1.29 is 0 Å². The van der Waals surface area contributed by atoms with Gasteiger partial charge in [0, 0.05) is 24.5 Å². The van der Waals surface area contributed by atoms with Gasteiger partial charge < -0.3 is 5.32 Å². The molecule has 0 fully saturated rings. The maximum absolute atomic E-state index is 4.16. The Morgan fingerprint density at radius 2 is 2.00 bits per heavy atom. The van der Waals surface area contributed by atoms with E-state index in [0.29, 0.717) is 0 Å². The van der Waals surface area contributed by atoms with Gasteiger partial charge in [-0.2, -0.15) is 5.10 Å². The number of benzene rings is 1. The summed E-state index contributed by atoms with van der Waals surface area (Å²) >= 11 is 0. The number of hydrogen-bond acceptors (Lipinski definition) is 2. The third kappa shape index (κ3) is 2.37. The highest BCUT2D eigenvalue weighted by atomic mass is 15.2. The molecule has 3 heteroatoms. The fourth-order valence-corrected chi connectivity index (χ4v) is 1.53. The van der Waals surface area contributed by atoms with E-state index in [1.54, 1.807) is 0 Å². The van der Waals surface area contributed by atoms with E-state index in [9.17, 15) is 0 Å². The van der Waals surface area contributed by atoms with Gasteiger partial charge in [-0.1, -0.05) is 18.2 Å². The Bertz CT molecular complexity index is 419. The minimum atomic E-state index is 0.279. The summed E-state index contributed by atoms with van der Waals surface area (Å²) in [6, 6.07) is 10.5. The van der Waals surface area contributed by atoms with E-state index in [1.165, 1.54) is 5.56 Å². The number of rotatable bonds is 3. The van der Waals surface area contributed by atoms with Crippen molar-refractivity contribution in [2.45, 2.75) is 13.0 Å². The molecule has 3 nitrogen and oxygen atoms in total. The van der Waals surface area contributed by atoms with E-state index < -0.39 is 0 Å². The lowest BCUT2D eigenvalue weighted by molar-refractivity contribution is 0.765. The molecule has 0 aliphatic rings. The molecule has 0 amide bonds. The first kappa shape index (κ1) is 9.77. The van der Waals surface area contributed by atoms with Crippen LogP contribution in [0.1, 0.15) is 18.5 Å². The Morgan fingerprint density at radius 3 is 2.60 bits per heavy atom. The Kier molecular flexibility index (Phi) is 2.72. The Labute approximate surface area is 89.7 Å². The molecule has 1 N–H and O–H groups in total. The highest BCUT2D eigenvalue weighted by molar-refractivity contribution is 5.44. The highest BCUT2D eigenvalue weighted by Crippen LogP contribution is 2.17. The van der Waals surface area contributed by atoms with Gasteiger partial charge in [0.1, 0.15) is 0 Å². The molecule has 1 atom stereocenters. The number of aromatic nitrogens is 2. The van der Waals surface area contributed by atoms with Crippen LogP contribution < -0.4 is 5.32 Å². The number of nitrogens with one attached hydrogen (secondary N) is 1. The van der Waals surface area contributed by atoms with Crippen LogP contribution in [-0.4, -0.2) is 9.78 Å². The van der Waals surface area contributed by atoms with Gasteiger partial charge in [0.2, 0.25) is 0 Å². The van der Waals surface area contributed by atoms with Crippen molar-refractivity contribution in [1.82, 2.24) is 9.78 Å². The van der Waals surface area contributed by atoms with Crippen molar-refractivity contribution in [3.05, 3.63) is 48.3 Å². The maximum atomic E-state index is 4.16. The lowest BCUT2D eigenvalue weighted by Crippen LogP contribution is -2.05. The summed E-state index contributed by atoms with van der Waals surface area (Å²) in [6.45, 7) is 2.13. The number of hydrogen-bond donors (Lipinski definition) is 1. The van der Waals surface area contributed by atoms with Gasteiger partial charge in [-0.3, -0.25) is 4.68 Å². The molecular weight excluding hydrogens is 186 g/mol. The predicted molar refractivity (Wildman–Crippen MR) is 61.7 cm³/mol. The van der Waals surface area contributed by atoms with Gasteiger partial charge in [0.05, 0.1) is 12.2 Å². The van der Waals surface area contributed by atoms with E-state index in [0.717, 1.165) is 5.69 Å². The number of anilines is 1. The summed E-state index contributed by atoms with van der Waals surface area (Å²) in [6.07, 6.45) is 3.92. The molecular formula is C12H15N3. The topological polar surface area (TPSA) is 29.9 Å². The summed E-state index contributed by atoms with van der Waals surface area (Å²) in [5.74, 6) is 0. The van der Waals surface area contributed by atoms with Crippen molar-refractivity contribution in [2.24, 2.45) is 7.05 Å². The van der Waals surface area contributed by atoms with E-state index in [1.807, 2.05) is 42.3 Å². The summed E-state index contributed by atoms with van der Waals surface area (Å²) in [5, 5.41) is 7.57. The number of para-hydroxylation sites is 1. The molecule has 0 radical (unpaired) electrons. The fourth-order valence-electron chi connectivity index (χ4n) is 1.53. The molecule has 0 bridgehead atoms. The van der Waals surface area contributed by atoms with Crippen molar-refractivity contribution in [3.63, 3.8) is 0 Å². The lowest BCUT2D eigenvalue weighted by Gasteiger charge is -2.13. The first-order chi connectivity index (χ1) is 7.25. The molecule has 1 heterocycles. The Hall–Kier alpha value is -1.77. The van der Waals surface area contributed by atoms with Crippen LogP contribution in [0.5, 0.6) is 0 Å². The van der Waals surface area contributed by atoms with E-state index >= 15 is 0 Å². The summed E-state index contributed by atoms with van der Waals surface area (Å²) in [7, 11) is 1.93. The normalized spacial score (nSPS) is 12.4. The molecule has 78 valence electrons. The quantitative estimate of drug-likeness (QED) is 0.827. The van der Waals surface area contributed by atoms with Crippen molar-refractivity contribution in [2.75, 3.05) is 5.32 Å². The Morgan fingerprint density at radius 1 is 1.27 bits per heavy atom. The number of nitrogens with zero attached hydrogens (tertiary/aromatic N) is 2. The summed E-state index contributed by atoms with van der Waals surface area (Å²) < 4.78 is 1.82. The molecule has 0 aliphatic carbocycles. The third-order valence-electron chi connectivity index (χ3n) is 2.38. The van der Waals surface area contributed by atoms with Crippen LogP contribution in [0.2, 0.25) is 0 Å². The zero-order valence-corrected chi connectivity index (χ0v) is 9.01. The van der Waals surface area contributed by atoms with Gasteiger partial charge in [-0.15, -0.1) is 0 Å². The second-order valence-electron chi connectivity index (χ2n) is 3.68. The molecule has 0 unspecified atom stereocenters. The standard InChI is InChI=1S/C12H15N3/c1-10(11-8-13-15(2)9-11)14-12-6-4-3-5-7-12/h3-10,14H,1-2H3/t10-/m0/s1. The predicted octanol–water partition coefficient (Wildman–Crippen LogP) is 2.59. The average Bonchev–Trinajstić information content (AvgIpc) is 2.66. The van der Waals surface area contributed by atoms with Crippen LogP contribution in [0.3, 0.4) is 0 Å². The van der Waals surface area contributed by atoms with E-state index in [2.05, 4.69) is 29.5 Å². The molecule has 1 aromatic heterocycles. The van der Waals surface area contributed by atoms with Crippen LogP contribution in [-0.2, 0) is 7.05 Å². The molecule has 0 spiro atoms. The van der Waals surface area contributed by atoms with Gasteiger partial charge >= 0.3 is 0 Å².